The number of aliphatic imine (C=N–C) groups is 1. The lowest BCUT2D eigenvalue weighted by Gasteiger charge is -2.08. The maximum Gasteiger partial charge on any atom is 0.191 e. The standard InChI is InChI=1S/C12H22N4S/c1-5-13-12(14-6-2)15-8-7-11-9(3)16-10(4)17-11/h5-8H2,1-4H3,(H2,13,14,15). The van der Waals surface area contributed by atoms with Gasteiger partial charge in [-0.25, -0.2) is 4.98 Å². The molecular weight excluding hydrogens is 232 g/mol. The SMILES string of the molecule is CCNC(=NCCc1sc(C)nc1C)NCC. The lowest BCUT2D eigenvalue weighted by molar-refractivity contribution is 0.834. The molecule has 4 nitrogen and oxygen atoms in total. The van der Waals surface area contributed by atoms with E-state index in [-0.39, 0.29) is 0 Å². The van der Waals surface area contributed by atoms with E-state index in [9.17, 15) is 0 Å². The molecule has 0 atom stereocenters. The summed E-state index contributed by atoms with van der Waals surface area (Å²) in [5, 5.41) is 7.57. The summed E-state index contributed by atoms with van der Waals surface area (Å²) >= 11 is 1.77. The Morgan fingerprint density at radius 1 is 1.24 bits per heavy atom. The van der Waals surface area contributed by atoms with E-state index in [1.165, 1.54) is 4.88 Å². The molecule has 0 bridgehead atoms. The van der Waals surface area contributed by atoms with Crippen LogP contribution in [-0.4, -0.2) is 30.6 Å². The van der Waals surface area contributed by atoms with Gasteiger partial charge in [-0.2, -0.15) is 0 Å². The minimum absolute atomic E-state index is 0.803. The van der Waals surface area contributed by atoms with Gasteiger partial charge in [-0.3, -0.25) is 4.99 Å². The quantitative estimate of drug-likeness (QED) is 0.623. The van der Waals surface area contributed by atoms with Gasteiger partial charge in [0.1, 0.15) is 0 Å². The van der Waals surface area contributed by atoms with Crippen molar-refractivity contribution < 1.29 is 0 Å². The van der Waals surface area contributed by atoms with Crippen molar-refractivity contribution in [1.29, 1.82) is 0 Å². The van der Waals surface area contributed by atoms with Crippen LogP contribution in [0.25, 0.3) is 0 Å². The molecule has 0 fully saturated rings. The fourth-order valence-corrected chi connectivity index (χ4v) is 2.51. The lowest BCUT2D eigenvalue weighted by atomic mass is 10.3. The van der Waals surface area contributed by atoms with Crippen molar-refractivity contribution in [2.24, 2.45) is 4.99 Å². The Morgan fingerprint density at radius 3 is 2.35 bits per heavy atom. The fraction of sp³-hybridized carbons (Fsp3) is 0.667. The molecule has 0 spiro atoms. The molecule has 2 N–H and O–H groups in total. The highest BCUT2D eigenvalue weighted by atomic mass is 32.1. The van der Waals surface area contributed by atoms with Gasteiger partial charge in [-0.15, -0.1) is 11.3 Å². The van der Waals surface area contributed by atoms with Gasteiger partial charge < -0.3 is 10.6 Å². The average Bonchev–Trinajstić information content (AvgIpc) is 2.58. The second-order valence-electron chi connectivity index (χ2n) is 3.78. The summed E-state index contributed by atoms with van der Waals surface area (Å²) in [5.74, 6) is 0.897. The summed E-state index contributed by atoms with van der Waals surface area (Å²) in [7, 11) is 0. The summed E-state index contributed by atoms with van der Waals surface area (Å²) in [4.78, 5) is 10.3. The van der Waals surface area contributed by atoms with Crippen LogP contribution in [-0.2, 0) is 6.42 Å². The third kappa shape index (κ3) is 4.73. The predicted molar refractivity (Wildman–Crippen MR) is 74.9 cm³/mol. The van der Waals surface area contributed by atoms with Gasteiger partial charge in [-0.05, 0) is 27.7 Å². The van der Waals surface area contributed by atoms with E-state index in [0.717, 1.165) is 42.7 Å². The van der Waals surface area contributed by atoms with Crippen molar-refractivity contribution in [2.75, 3.05) is 19.6 Å². The molecule has 1 heterocycles. The molecular formula is C12H22N4S. The number of aryl methyl sites for hydroxylation is 2. The first kappa shape index (κ1) is 14.0. The van der Waals surface area contributed by atoms with Gasteiger partial charge in [0.15, 0.2) is 5.96 Å². The molecule has 96 valence electrons. The number of nitrogens with zero attached hydrogens (tertiary/aromatic N) is 2. The van der Waals surface area contributed by atoms with Gasteiger partial charge >= 0.3 is 0 Å². The average molecular weight is 254 g/mol. The minimum atomic E-state index is 0.803. The van der Waals surface area contributed by atoms with Crippen molar-refractivity contribution in [3.8, 4) is 0 Å². The van der Waals surface area contributed by atoms with E-state index >= 15 is 0 Å². The first-order chi connectivity index (χ1) is 8.17. The zero-order chi connectivity index (χ0) is 12.7. The Balaban J connectivity index is 2.48. The van der Waals surface area contributed by atoms with Crippen LogP contribution >= 0.6 is 11.3 Å². The van der Waals surface area contributed by atoms with Crippen molar-refractivity contribution in [3.63, 3.8) is 0 Å². The number of nitrogens with one attached hydrogen (secondary N) is 2. The molecule has 1 aromatic rings. The van der Waals surface area contributed by atoms with E-state index in [1.54, 1.807) is 11.3 Å². The van der Waals surface area contributed by atoms with Gasteiger partial charge in [0.05, 0.1) is 10.7 Å². The number of rotatable bonds is 5. The Morgan fingerprint density at radius 2 is 1.88 bits per heavy atom. The van der Waals surface area contributed by atoms with Crippen molar-refractivity contribution in [3.05, 3.63) is 15.6 Å². The van der Waals surface area contributed by atoms with Crippen LogP contribution in [0.4, 0.5) is 0 Å². The first-order valence-electron chi connectivity index (χ1n) is 6.12. The Hall–Kier alpha value is -1.10. The molecule has 0 amide bonds. The number of aromatic nitrogens is 1. The first-order valence-corrected chi connectivity index (χ1v) is 6.94. The molecule has 0 saturated heterocycles. The van der Waals surface area contributed by atoms with Gasteiger partial charge in [-0.1, -0.05) is 0 Å². The number of guanidine groups is 1. The predicted octanol–water partition coefficient (Wildman–Crippen LogP) is 1.88. The summed E-state index contributed by atoms with van der Waals surface area (Å²) < 4.78 is 0. The van der Waals surface area contributed by atoms with Crippen LogP contribution in [0.1, 0.15) is 29.4 Å². The summed E-state index contributed by atoms with van der Waals surface area (Å²) in [6.07, 6.45) is 0.970. The van der Waals surface area contributed by atoms with Crippen LogP contribution in [0, 0.1) is 13.8 Å². The van der Waals surface area contributed by atoms with Gasteiger partial charge in [0.25, 0.3) is 0 Å². The van der Waals surface area contributed by atoms with E-state index < -0.39 is 0 Å². The molecule has 0 aliphatic rings. The van der Waals surface area contributed by atoms with Crippen molar-refractivity contribution in [2.45, 2.75) is 34.1 Å². The molecule has 0 unspecified atom stereocenters. The molecule has 0 aliphatic heterocycles. The smallest absolute Gasteiger partial charge is 0.191 e. The molecule has 1 rings (SSSR count). The maximum atomic E-state index is 4.52. The highest BCUT2D eigenvalue weighted by Crippen LogP contribution is 2.17. The van der Waals surface area contributed by atoms with Crippen LogP contribution in [0.5, 0.6) is 0 Å². The Kier molecular flexibility index (Phi) is 5.97. The van der Waals surface area contributed by atoms with Crippen LogP contribution in [0.15, 0.2) is 4.99 Å². The summed E-state index contributed by atoms with van der Waals surface area (Å²) in [6, 6.07) is 0. The molecule has 5 heteroatoms. The Labute approximate surface area is 108 Å². The Bertz CT molecular complexity index is 363. The van der Waals surface area contributed by atoms with Gasteiger partial charge in [0.2, 0.25) is 0 Å². The van der Waals surface area contributed by atoms with Crippen LogP contribution in [0.2, 0.25) is 0 Å². The maximum absolute atomic E-state index is 4.52. The molecule has 0 radical (unpaired) electrons. The molecule has 0 saturated carbocycles. The lowest BCUT2D eigenvalue weighted by Crippen LogP contribution is -2.37. The van der Waals surface area contributed by atoms with Crippen LogP contribution < -0.4 is 10.6 Å². The minimum Gasteiger partial charge on any atom is -0.357 e. The number of thiazole rings is 1. The van der Waals surface area contributed by atoms with E-state index in [2.05, 4.69) is 41.4 Å². The highest BCUT2D eigenvalue weighted by molar-refractivity contribution is 7.11. The second-order valence-corrected chi connectivity index (χ2v) is 5.07. The molecule has 0 aromatic carbocycles. The topological polar surface area (TPSA) is 49.3 Å². The third-order valence-electron chi connectivity index (χ3n) is 2.30. The highest BCUT2D eigenvalue weighted by Gasteiger charge is 2.03. The van der Waals surface area contributed by atoms with Crippen LogP contribution in [0.3, 0.4) is 0 Å². The van der Waals surface area contributed by atoms with Crippen molar-refractivity contribution in [1.82, 2.24) is 15.6 Å². The van der Waals surface area contributed by atoms with E-state index in [0.29, 0.717) is 0 Å². The molecule has 17 heavy (non-hydrogen) atoms. The molecule has 0 aliphatic carbocycles. The normalized spacial score (nSPS) is 10.1. The van der Waals surface area contributed by atoms with E-state index in [4.69, 9.17) is 0 Å². The molecule has 1 aromatic heterocycles. The van der Waals surface area contributed by atoms with E-state index in [1.807, 2.05) is 6.92 Å². The monoisotopic (exact) mass is 254 g/mol. The summed E-state index contributed by atoms with van der Waals surface area (Å²) in [6.45, 7) is 10.9. The zero-order valence-electron chi connectivity index (χ0n) is 11.1. The fourth-order valence-electron chi connectivity index (χ4n) is 1.58. The zero-order valence-corrected chi connectivity index (χ0v) is 11.9. The number of hydrogen-bond donors (Lipinski definition) is 2. The van der Waals surface area contributed by atoms with Gasteiger partial charge in [0, 0.05) is 30.9 Å². The number of hydrogen-bond acceptors (Lipinski definition) is 3. The third-order valence-corrected chi connectivity index (χ3v) is 3.43. The largest absolute Gasteiger partial charge is 0.357 e. The second kappa shape index (κ2) is 7.27. The van der Waals surface area contributed by atoms with Crippen molar-refractivity contribution >= 4 is 17.3 Å². The summed E-state index contributed by atoms with van der Waals surface area (Å²) in [5.41, 5.74) is 1.15.